The summed E-state index contributed by atoms with van der Waals surface area (Å²) in [5, 5.41) is 7.33. The monoisotopic (exact) mass is 511 g/mol. The number of nitrogens with zero attached hydrogens (tertiary/aromatic N) is 5. The van der Waals surface area contributed by atoms with Crippen LogP contribution in [0.25, 0.3) is 77.6 Å². The van der Waals surface area contributed by atoms with Gasteiger partial charge < -0.3 is 0 Å². The average molecular weight is 512 g/mol. The Morgan fingerprint density at radius 3 is 1.68 bits per heavy atom. The van der Waals surface area contributed by atoms with Crippen LogP contribution in [0.15, 0.2) is 128 Å². The SMILES string of the molecule is c1ccc(-c2nc(-c3ccc(-c4cncnc4)cc3)nc(-c3ccc4ccc5cccc6ccc3c4c56)n2)cc1. The fourth-order valence-corrected chi connectivity index (χ4v) is 5.53. The molecule has 5 heteroatoms. The number of hydrogen-bond donors (Lipinski definition) is 0. The van der Waals surface area contributed by atoms with E-state index in [1.54, 1.807) is 0 Å². The normalized spacial score (nSPS) is 11.5. The van der Waals surface area contributed by atoms with Gasteiger partial charge in [-0.05, 0) is 43.9 Å². The van der Waals surface area contributed by atoms with Gasteiger partial charge in [-0.15, -0.1) is 0 Å². The second-order valence-corrected chi connectivity index (χ2v) is 9.85. The van der Waals surface area contributed by atoms with Gasteiger partial charge in [0, 0.05) is 34.6 Å². The van der Waals surface area contributed by atoms with Crippen LogP contribution >= 0.6 is 0 Å². The molecule has 0 N–H and O–H groups in total. The van der Waals surface area contributed by atoms with Crippen molar-refractivity contribution in [1.29, 1.82) is 0 Å². The summed E-state index contributed by atoms with van der Waals surface area (Å²) in [6, 6.07) is 37.8. The zero-order valence-electron chi connectivity index (χ0n) is 21.4. The fourth-order valence-electron chi connectivity index (χ4n) is 5.53. The molecule has 0 radical (unpaired) electrons. The minimum atomic E-state index is 0.630. The second-order valence-electron chi connectivity index (χ2n) is 9.85. The summed E-state index contributed by atoms with van der Waals surface area (Å²) in [5.41, 5.74) is 4.85. The van der Waals surface area contributed by atoms with E-state index < -0.39 is 0 Å². The molecule has 6 aromatic carbocycles. The first-order valence-electron chi connectivity index (χ1n) is 13.2. The molecule has 0 fully saturated rings. The van der Waals surface area contributed by atoms with Gasteiger partial charge in [0.05, 0.1) is 0 Å². The van der Waals surface area contributed by atoms with E-state index in [9.17, 15) is 0 Å². The van der Waals surface area contributed by atoms with Crippen molar-refractivity contribution in [3.05, 3.63) is 128 Å². The molecule has 8 rings (SSSR count). The first kappa shape index (κ1) is 22.4. The molecule has 0 spiro atoms. The lowest BCUT2D eigenvalue weighted by atomic mass is 9.92. The third-order valence-electron chi connectivity index (χ3n) is 7.47. The molecule has 0 saturated carbocycles. The molecule has 0 atom stereocenters. The third-order valence-corrected chi connectivity index (χ3v) is 7.47. The molecule has 0 bridgehead atoms. The fraction of sp³-hybridized carbons (Fsp3) is 0. The van der Waals surface area contributed by atoms with Crippen LogP contribution in [0.3, 0.4) is 0 Å². The van der Waals surface area contributed by atoms with Gasteiger partial charge in [0.1, 0.15) is 6.33 Å². The van der Waals surface area contributed by atoms with E-state index >= 15 is 0 Å². The third kappa shape index (κ3) is 3.68. The Morgan fingerprint density at radius 1 is 0.375 bits per heavy atom. The Labute approximate surface area is 230 Å². The highest BCUT2D eigenvalue weighted by molar-refractivity contribution is 6.25. The zero-order chi connectivity index (χ0) is 26.5. The Morgan fingerprint density at radius 2 is 0.950 bits per heavy atom. The van der Waals surface area contributed by atoms with E-state index in [2.05, 4.69) is 76.7 Å². The van der Waals surface area contributed by atoms with Crippen molar-refractivity contribution in [3.8, 4) is 45.3 Å². The minimum Gasteiger partial charge on any atom is -0.244 e. The van der Waals surface area contributed by atoms with Gasteiger partial charge in [0.15, 0.2) is 17.5 Å². The predicted molar refractivity (Wildman–Crippen MR) is 161 cm³/mol. The Bertz CT molecular complexity index is 2120. The van der Waals surface area contributed by atoms with Gasteiger partial charge >= 0.3 is 0 Å². The van der Waals surface area contributed by atoms with Crippen molar-refractivity contribution >= 4 is 32.3 Å². The van der Waals surface area contributed by atoms with E-state index in [1.165, 1.54) is 33.3 Å². The van der Waals surface area contributed by atoms with Gasteiger partial charge in [0.25, 0.3) is 0 Å². The largest absolute Gasteiger partial charge is 0.244 e. The highest BCUT2D eigenvalue weighted by Gasteiger charge is 2.17. The average Bonchev–Trinajstić information content (AvgIpc) is 3.04. The van der Waals surface area contributed by atoms with Crippen molar-refractivity contribution in [2.45, 2.75) is 0 Å². The number of benzene rings is 6. The molecule has 5 nitrogen and oxygen atoms in total. The highest BCUT2D eigenvalue weighted by atomic mass is 15.0. The second kappa shape index (κ2) is 9.03. The molecule has 0 aliphatic heterocycles. The maximum absolute atomic E-state index is 5.04. The van der Waals surface area contributed by atoms with Gasteiger partial charge in [0.2, 0.25) is 0 Å². The summed E-state index contributed by atoms with van der Waals surface area (Å²) in [5.74, 6) is 1.93. The maximum Gasteiger partial charge on any atom is 0.164 e. The highest BCUT2D eigenvalue weighted by Crippen LogP contribution is 2.39. The topological polar surface area (TPSA) is 64.5 Å². The van der Waals surface area contributed by atoms with Crippen molar-refractivity contribution in [3.63, 3.8) is 0 Å². The van der Waals surface area contributed by atoms with Crippen molar-refractivity contribution in [2.24, 2.45) is 0 Å². The van der Waals surface area contributed by atoms with Crippen molar-refractivity contribution in [2.75, 3.05) is 0 Å². The van der Waals surface area contributed by atoms with Crippen molar-refractivity contribution < 1.29 is 0 Å². The summed E-state index contributed by atoms with van der Waals surface area (Å²) in [6.07, 6.45) is 5.16. The Hall–Kier alpha value is -5.55. The van der Waals surface area contributed by atoms with Crippen LogP contribution in [0.2, 0.25) is 0 Å². The zero-order valence-corrected chi connectivity index (χ0v) is 21.4. The molecule has 0 amide bonds. The van der Waals surface area contributed by atoms with E-state index in [-0.39, 0.29) is 0 Å². The smallest absolute Gasteiger partial charge is 0.164 e. The summed E-state index contributed by atoms with van der Waals surface area (Å²) in [4.78, 5) is 23.2. The standard InChI is InChI=1S/C35H21N5/c1-2-5-26(6-3-1)33-38-34(27-13-9-22(10-14-27)28-19-36-21-37-20-28)40-35(39-33)30-18-16-25-12-11-23-7-4-8-24-15-17-29(30)32(25)31(23)24/h1-21H. The molecular formula is C35H21N5. The van der Waals surface area contributed by atoms with Crippen LogP contribution in [0.5, 0.6) is 0 Å². The number of hydrogen-bond acceptors (Lipinski definition) is 5. The Kier molecular flexibility index (Phi) is 5.07. The van der Waals surface area contributed by atoms with Crippen LogP contribution < -0.4 is 0 Å². The Balaban J connectivity index is 1.34. The van der Waals surface area contributed by atoms with Crippen LogP contribution in [-0.2, 0) is 0 Å². The maximum atomic E-state index is 5.04. The van der Waals surface area contributed by atoms with Crippen LogP contribution in [0.4, 0.5) is 0 Å². The summed E-state index contributed by atoms with van der Waals surface area (Å²) >= 11 is 0. The quantitative estimate of drug-likeness (QED) is 0.223. The molecule has 0 aliphatic rings. The summed E-state index contributed by atoms with van der Waals surface area (Å²) in [6.45, 7) is 0. The number of rotatable bonds is 4. The van der Waals surface area contributed by atoms with E-state index in [0.717, 1.165) is 33.2 Å². The molecule has 40 heavy (non-hydrogen) atoms. The molecule has 0 unspecified atom stereocenters. The summed E-state index contributed by atoms with van der Waals surface area (Å²) < 4.78 is 0. The van der Waals surface area contributed by atoms with E-state index in [0.29, 0.717) is 17.5 Å². The van der Waals surface area contributed by atoms with Crippen LogP contribution in [-0.4, -0.2) is 24.9 Å². The van der Waals surface area contributed by atoms with Crippen molar-refractivity contribution in [1.82, 2.24) is 24.9 Å². The molecule has 2 aromatic heterocycles. The molecular weight excluding hydrogens is 490 g/mol. The molecule has 2 heterocycles. The van der Waals surface area contributed by atoms with Crippen LogP contribution in [0, 0.1) is 0 Å². The minimum absolute atomic E-state index is 0.630. The van der Waals surface area contributed by atoms with Gasteiger partial charge in [-0.25, -0.2) is 24.9 Å². The summed E-state index contributed by atoms with van der Waals surface area (Å²) in [7, 11) is 0. The molecule has 186 valence electrons. The van der Waals surface area contributed by atoms with E-state index in [1.807, 2.05) is 54.9 Å². The van der Waals surface area contributed by atoms with Gasteiger partial charge in [-0.3, -0.25) is 0 Å². The lowest BCUT2D eigenvalue weighted by molar-refractivity contribution is 1.08. The molecule has 0 aliphatic carbocycles. The van der Waals surface area contributed by atoms with Crippen LogP contribution in [0.1, 0.15) is 0 Å². The molecule has 0 saturated heterocycles. The van der Waals surface area contributed by atoms with Gasteiger partial charge in [-0.1, -0.05) is 103 Å². The molecule has 8 aromatic rings. The van der Waals surface area contributed by atoms with E-state index in [4.69, 9.17) is 15.0 Å². The lowest BCUT2D eigenvalue weighted by Crippen LogP contribution is -2.00. The first-order valence-corrected chi connectivity index (χ1v) is 13.2. The predicted octanol–water partition coefficient (Wildman–Crippen LogP) is 8.23. The number of aromatic nitrogens is 5. The first-order chi connectivity index (χ1) is 19.8. The lowest BCUT2D eigenvalue weighted by Gasteiger charge is -2.14. The van der Waals surface area contributed by atoms with Gasteiger partial charge in [-0.2, -0.15) is 0 Å².